The highest BCUT2D eigenvalue weighted by Crippen LogP contribution is 2.18. The summed E-state index contributed by atoms with van der Waals surface area (Å²) >= 11 is 5.83. The number of hydrogen-bond donors (Lipinski definition) is 1. The van der Waals surface area contributed by atoms with Gasteiger partial charge in [0.05, 0.1) is 5.75 Å². The average Bonchev–Trinajstić information content (AvgIpc) is 2.64. The van der Waals surface area contributed by atoms with Gasteiger partial charge in [0.2, 0.25) is 10.0 Å². The molecule has 1 amide bonds. The molecule has 1 saturated heterocycles. The van der Waals surface area contributed by atoms with E-state index in [0.717, 1.165) is 19.3 Å². The number of hydrogen-bond acceptors (Lipinski definition) is 3. The maximum absolute atomic E-state index is 12.5. The number of benzene rings is 2. The zero-order valence-electron chi connectivity index (χ0n) is 14.3. The summed E-state index contributed by atoms with van der Waals surface area (Å²) in [7, 11) is -3.30. The molecule has 2 aromatic rings. The minimum absolute atomic E-state index is 0.0356. The second-order valence-corrected chi connectivity index (χ2v) is 8.78. The van der Waals surface area contributed by atoms with Gasteiger partial charge in [-0.2, -0.15) is 0 Å². The third-order valence-electron chi connectivity index (χ3n) is 4.38. The van der Waals surface area contributed by atoms with Crippen LogP contribution in [0.2, 0.25) is 5.02 Å². The molecule has 3 rings (SSSR count). The van der Waals surface area contributed by atoms with Gasteiger partial charge < -0.3 is 5.32 Å². The highest BCUT2D eigenvalue weighted by Gasteiger charge is 2.24. The monoisotopic (exact) mass is 392 g/mol. The highest BCUT2D eigenvalue weighted by molar-refractivity contribution is 7.88. The predicted molar refractivity (Wildman–Crippen MR) is 104 cm³/mol. The van der Waals surface area contributed by atoms with E-state index >= 15 is 0 Å². The van der Waals surface area contributed by atoms with Gasteiger partial charge in [0.25, 0.3) is 5.91 Å². The lowest BCUT2D eigenvalue weighted by Gasteiger charge is -2.25. The van der Waals surface area contributed by atoms with Crippen LogP contribution < -0.4 is 5.32 Å². The lowest BCUT2D eigenvalue weighted by Crippen LogP contribution is -2.36. The van der Waals surface area contributed by atoms with Crippen LogP contribution in [0.3, 0.4) is 0 Å². The average molecular weight is 393 g/mol. The molecule has 0 bridgehead atoms. The van der Waals surface area contributed by atoms with Crippen molar-refractivity contribution >= 4 is 33.2 Å². The maximum atomic E-state index is 12.5. The lowest BCUT2D eigenvalue weighted by molar-refractivity contribution is 0.102. The van der Waals surface area contributed by atoms with Crippen LogP contribution in [-0.4, -0.2) is 31.7 Å². The fourth-order valence-electron chi connectivity index (χ4n) is 2.93. The molecule has 0 spiro atoms. The molecule has 5 nitrogen and oxygen atoms in total. The molecule has 1 fully saturated rings. The molecule has 0 saturated carbocycles. The van der Waals surface area contributed by atoms with E-state index in [9.17, 15) is 13.2 Å². The molecular weight excluding hydrogens is 372 g/mol. The fourth-order valence-corrected chi connectivity index (χ4v) is 4.67. The van der Waals surface area contributed by atoms with Crippen LogP contribution in [0.15, 0.2) is 48.5 Å². The van der Waals surface area contributed by atoms with Crippen molar-refractivity contribution in [2.45, 2.75) is 25.0 Å². The van der Waals surface area contributed by atoms with Gasteiger partial charge in [-0.1, -0.05) is 30.2 Å². The van der Waals surface area contributed by atoms with Crippen LogP contribution >= 0.6 is 11.6 Å². The summed E-state index contributed by atoms with van der Waals surface area (Å²) in [6.45, 7) is 1.20. The van der Waals surface area contributed by atoms with Crippen LogP contribution in [0.4, 0.5) is 5.69 Å². The molecule has 1 aliphatic heterocycles. The van der Waals surface area contributed by atoms with E-state index in [1.807, 2.05) is 0 Å². The van der Waals surface area contributed by atoms with E-state index in [1.165, 1.54) is 0 Å². The molecule has 0 aromatic heterocycles. The van der Waals surface area contributed by atoms with Gasteiger partial charge in [-0.25, -0.2) is 12.7 Å². The van der Waals surface area contributed by atoms with E-state index < -0.39 is 10.0 Å². The van der Waals surface area contributed by atoms with Crippen molar-refractivity contribution in [3.63, 3.8) is 0 Å². The number of sulfonamides is 1. The van der Waals surface area contributed by atoms with Gasteiger partial charge in [0.1, 0.15) is 0 Å². The number of nitrogens with zero attached hydrogens (tertiary/aromatic N) is 1. The van der Waals surface area contributed by atoms with Crippen LogP contribution in [0.5, 0.6) is 0 Å². The molecule has 7 heteroatoms. The third-order valence-corrected chi connectivity index (χ3v) is 6.48. The number of carbonyl (C=O) groups excluding carboxylic acids is 1. The van der Waals surface area contributed by atoms with Gasteiger partial charge in [-0.05, 0) is 54.8 Å². The second-order valence-electron chi connectivity index (χ2n) is 6.37. The minimum atomic E-state index is -3.30. The topological polar surface area (TPSA) is 66.5 Å². The van der Waals surface area contributed by atoms with Crippen molar-refractivity contribution in [2.75, 3.05) is 18.4 Å². The largest absolute Gasteiger partial charge is 0.322 e. The van der Waals surface area contributed by atoms with Gasteiger partial charge >= 0.3 is 0 Å². The SMILES string of the molecule is O=C(Nc1ccc(Cl)cc1)c1ccc(CS(=O)(=O)N2CCCCC2)cc1. The van der Waals surface area contributed by atoms with E-state index in [-0.39, 0.29) is 11.7 Å². The Kier molecular flexibility index (Phi) is 5.96. The summed E-state index contributed by atoms with van der Waals surface area (Å²) in [5.41, 5.74) is 1.80. The summed E-state index contributed by atoms with van der Waals surface area (Å²) in [4.78, 5) is 12.3. The second kappa shape index (κ2) is 8.20. The third kappa shape index (κ3) is 4.84. The molecule has 1 aliphatic rings. The molecule has 26 heavy (non-hydrogen) atoms. The first kappa shape index (κ1) is 18.9. The molecule has 0 radical (unpaired) electrons. The van der Waals surface area contributed by atoms with Gasteiger partial charge in [0.15, 0.2) is 0 Å². The van der Waals surface area contributed by atoms with Crippen LogP contribution in [0.1, 0.15) is 35.2 Å². The van der Waals surface area contributed by atoms with Crippen LogP contribution in [0, 0.1) is 0 Å². The Morgan fingerprint density at radius 3 is 2.19 bits per heavy atom. The van der Waals surface area contributed by atoms with Gasteiger partial charge in [0, 0.05) is 29.4 Å². The molecule has 2 aromatic carbocycles. The Morgan fingerprint density at radius 1 is 0.962 bits per heavy atom. The Balaban J connectivity index is 1.64. The van der Waals surface area contributed by atoms with Crippen molar-refractivity contribution in [1.29, 1.82) is 0 Å². The van der Waals surface area contributed by atoms with Gasteiger partial charge in [-0.15, -0.1) is 0 Å². The first-order valence-electron chi connectivity index (χ1n) is 8.58. The number of carbonyl (C=O) groups is 1. The summed E-state index contributed by atoms with van der Waals surface area (Å²) in [6.07, 6.45) is 2.93. The Hall–Kier alpha value is -1.89. The first-order chi connectivity index (χ1) is 12.4. The number of amides is 1. The van der Waals surface area contributed by atoms with E-state index in [4.69, 9.17) is 11.6 Å². The molecular formula is C19H21ClN2O3S. The number of rotatable bonds is 5. The van der Waals surface area contributed by atoms with Crippen LogP contribution in [0.25, 0.3) is 0 Å². The van der Waals surface area contributed by atoms with Gasteiger partial charge in [-0.3, -0.25) is 4.79 Å². The summed E-state index contributed by atoms with van der Waals surface area (Å²) in [6, 6.07) is 13.5. The Morgan fingerprint density at radius 2 is 1.58 bits per heavy atom. The number of halogens is 1. The zero-order valence-corrected chi connectivity index (χ0v) is 15.9. The standard InChI is InChI=1S/C19H21ClN2O3S/c20-17-8-10-18(11-9-17)21-19(23)16-6-4-15(5-7-16)14-26(24,25)22-12-2-1-3-13-22/h4-11H,1-3,12-14H2,(H,21,23). The molecule has 1 heterocycles. The Bertz CT molecular complexity index is 859. The number of nitrogens with one attached hydrogen (secondary N) is 1. The lowest BCUT2D eigenvalue weighted by atomic mass is 10.1. The van der Waals surface area contributed by atoms with E-state index in [1.54, 1.807) is 52.8 Å². The summed E-state index contributed by atoms with van der Waals surface area (Å²) in [5, 5.41) is 3.38. The van der Waals surface area contributed by atoms with Crippen molar-refractivity contribution in [2.24, 2.45) is 0 Å². The fraction of sp³-hybridized carbons (Fsp3) is 0.316. The maximum Gasteiger partial charge on any atom is 0.255 e. The Labute approximate surface area is 159 Å². The van der Waals surface area contributed by atoms with Crippen molar-refractivity contribution in [3.05, 3.63) is 64.7 Å². The molecule has 1 N–H and O–H groups in total. The first-order valence-corrected chi connectivity index (χ1v) is 10.6. The van der Waals surface area contributed by atoms with Crippen molar-refractivity contribution in [3.8, 4) is 0 Å². The van der Waals surface area contributed by atoms with E-state index in [2.05, 4.69) is 5.32 Å². The quantitative estimate of drug-likeness (QED) is 0.838. The van der Waals surface area contributed by atoms with Crippen LogP contribution in [-0.2, 0) is 15.8 Å². The zero-order chi connectivity index (χ0) is 18.6. The molecule has 0 atom stereocenters. The number of piperidine rings is 1. The smallest absolute Gasteiger partial charge is 0.255 e. The molecule has 0 aliphatic carbocycles. The molecule has 0 unspecified atom stereocenters. The highest BCUT2D eigenvalue weighted by atomic mass is 35.5. The van der Waals surface area contributed by atoms with Crippen molar-refractivity contribution in [1.82, 2.24) is 4.31 Å². The number of anilines is 1. The summed E-state index contributed by atoms with van der Waals surface area (Å²) in [5.74, 6) is -0.288. The minimum Gasteiger partial charge on any atom is -0.322 e. The normalized spacial score (nSPS) is 15.6. The van der Waals surface area contributed by atoms with E-state index in [0.29, 0.717) is 34.9 Å². The predicted octanol–water partition coefficient (Wildman–Crippen LogP) is 3.91. The molecule has 138 valence electrons. The summed E-state index contributed by atoms with van der Waals surface area (Å²) < 4.78 is 26.5. The van der Waals surface area contributed by atoms with Crippen molar-refractivity contribution < 1.29 is 13.2 Å².